The molecule has 0 saturated heterocycles. The van der Waals surface area contributed by atoms with E-state index in [1.807, 2.05) is 0 Å². The van der Waals surface area contributed by atoms with Crippen molar-refractivity contribution in [3.63, 3.8) is 0 Å². The number of unbranched alkanes of at least 4 members (excludes halogenated alkanes) is 40. The van der Waals surface area contributed by atoms with Gasteiger partial charge in [-0.1, -0.05) is 310 Å². The number of aliphatic carboxylic acids is 4. The molecule has 0 fully saturated rings. The predicted octanol–water partition coefficient (Wildman–Crippen LogP) is 15.5. The normalized spacial score (nSPS) is 12.3. The first-order valence-corrected chi connectivity index (χ1v) is 36.2. The van der Waals surface area contributed by atoms with E-state index in [4.69, 9.17) is 0 Å². The Labute approximate surface area is 545 Å². The molecule has 85 heavy (non-hydrogen) atoms. The summed E-state index contributed by atoms with van der Waals surface area (Å²) in [6.07, 6.45) is 63.9. The smallest absolute Gasteiger partial charge is 0.0540 e. The number of aliphatic hydroxyl groups is 4. The van der Waals surface area contributed by atoms with Crippen molar-refractivity contribution in [2.24, 2.45) is 0 Å². The molecule has 0 bridgehead atoms. The molecule has 13 heteroatoms. The van der Waals surface area contributed by atoms with Crippen LogP contribution in [0.4, 0.5) is 0 Å². The van der Waals surface area contributed by atoms with Crippen LogP contribution in [0.25, 0.3) is 0 Å². The molecule has 0 rings (SSSR count). The zero-order valence-electron chi connectivity index (χ0n) is 56.3. The van der Waals surface area contributed by atoms with Crippen molar-refractivity contribution < 1.29 is 60.0 Å². The monoisotopic (exact) mass is 1410 g/mol. The summed E-state index contributed by atoms with van der Waals surface area (Å²) in [6, 6.07) is 0. The molecule has 0 aromatic rings. The van der Waals surface area contributed by atoms with E-state index in [1.165, 1.54) is 180 Å². The summed E-state index contributed by atoms with van der Waals surface area (Å²) in [6.45, 7) is 8.76. The fourth-order valence-electron chi connectivity index (χ4n) is 10.6. The van der Waals surface area contributed by atoms with Gasteiger partial charge in [-0.2, -0.15) is 0 Å². The minimum Gasteiger partial charge on any atom is -0.550 e. The number of carboxylic acid groups (broad SMARTS) is 4. The van der Waals surface area contributed by atoms with E-state index >= 15 is 0 Å². The van der Waals surface area contributed by atoms with Crippen LogP contribution in [0.1, 0.15) is 413 Å². The summed E-state index contributed by atoms with van der Waals surface area (Å²) in [5.74, 6) is -3.70. The molecule has 0 aliphatic heterocycles. The van der Waals surface area contributed by atoms with Crippen molar-refractivity contribution >= 4 is 51.2 Å². The van der Waals surface area contributed by atoms with Crippen LogP contribution in [0.5, 0.6) is 0 Å². The molecule has 0 saturated carbocycles. The molecule has 0 aliphatic rings. The van der Waals surface area contributed by atoms with Crippen LogP contribution in [0, 0.1) is 0 Å². The first-order valence-electron chi connectivity index (χ1n) is 36.2. The number of rotatable bonds is 64. The van der Waals surface area contributed by atoms with Gasteiger partial charge in [-0.3, -0.25) is 0 Å². The van der Waals surface area contributed by atoms with Gasteiger partial charge in [-0.25, -0.2) is 0 Å². The van der Waals surface area contributed by atoms with Crippen molar-refractivity contribution in [3.8, 4) is 0 Å². The Kier molecular flexibility index (Phi) is 87.6. The van der Waals surface area contributed by atoms with Gasteiger partial charge in [0, 0.05) is 51.2 Å². The van der Waals surface area contributed by atoms with Gasteiger partial charge in [0.25, 0.3) is 0 Å². The van der Waals surface area contributed by atoms with Crippen molar-refractivity contribution in [1.82, 2.24) is 0 Å². The first-order chi connectivity index (χ1) is 40.7. The van der Waals surface area contributed by atoms with Crippen molar-refractivity contribution in [2.45, 2.75) is 437 Å². The van der Waals surface area contributed by atoms with Crippen LogP contribution in [-0.2, 0) is 19.2 Å². The molecule has 4 atom stereocenters. The van der Waals surface area contributed by atoms with E-state index in [0.29, 0.717) is 0 Å². The third-order valence-corrected chi connectivity index (χ3v) is 16.2. The molecule has 508 valence electrons. The largest absolute Gasteiger partial charge is 0.550 e. The number of hydrogen-bond donors (Lipinski definition) is 4. The second-order valence-electron chi connectivity index (χ2n) is 25.0. The number of carboxylic acids is 4. The quantitative estimate of drug-likeness (QED) is 0.0328. The fourth-order valence-corrected chi connectivity index (χ4v) is 10.6. The van der Waals surface area contributed by atoms with Crippen LogP contribution < -0.4 is 20.4 Å². The molecule has 0 spiro atoms. The van der Waals surface area contributed by atoms with Crippen LogP contribution >= 0.6 is 0 Å². The number of carbonyl (C=O) groups excluding carboxylic acids is 4. The van der Waals surface area contributed by atoms with Gasteiger partial charge in [-0.05, 0) is 103 Å². The second-order valence-corrected chi connectivity index (χ2v) is 25.0. The van der Waals surface area contributed by atoms with Crippen molar-refractivity contribution in [3.05, 3.63) is 0 Å². The fraction of sp³-hybridized carbons (Fsp3) is 0.944. The van der Waals surface area contributed by atoms with Gasteiger partial charge in [0.15, 0.2) is 0 Å². The number of carbonyl (C=O) groups is 4. The Morgan fingerprint density at radius 3 is 0.435 bits per heavy atom. The Bertz CT molecular complexity index is 1110. The van der Waals surface area contributed by atoms with Crippen LogP contribution in [0.2, 0.25) is 0 Å². The average Bonchev–Trinajstić information content (AvgIpc) is 3.45. The summed E-state index contributed by atoms with van der Waals surface area (Å²) in [4.78, 5) is 40.9. The summed E-state index contributed by atoms with van der Waals surface area (Å²) in [7, 11) is 0. The summed E-state index contributed by atoms with van der Waals surface area (Å²) < 4.78 is 0. The molecular weight excluding hydrogens is 1260 g/mol. The summed E-state index contributed by atoms with van der Waals surface area (Å²) >= 11 is 0. The molecule has 0 aromatic carbocycles. The Morgan fingerprint density at radius 1 is 0.212 bits per heavy atom. The third kappa shape index (κ3) is 96.5. The van der Waals surface area contributed by atoms with Gasteiger partial charge in [0.1, 0.15) is 0 Å². The predicted molar refractivity (Wildman–Crippen MR) is 350 cm³/mol. The Hall–Kier alpha value is -1.36. The summed E-state index contributed by atoms with van der Waals surface area (Å²) in [5.41, 5.74) is 0. The molecule has 0 heterocycles. The Balaban J connectivity index is -0.000000333. The average molecular weight is 1410 g/mol. The number of aliphatic hydroxyl groups excluding tert-OH is 4. The molecule has 4 N–H and O–H groups in total. The van der Waals surface area contributed by atoms with Gasteiger partial charge in [-0.15, -0.1) is 0 Å². The maximum atomic E-state index is 10.2. The van der Waals surface area contributed by atoms with Crippen molar-refractivity contribution in [1.29, 1.82) is 0 Å². The topological polar surface area (TPSA) is 241 Å². The Morgan fingerprint density at radius 2 is 0.318 bits per heavy atom. The molecular formula is C72H140O12Pb-4. The van der Waals surface area contributed by atoms with E-state index in [1.54, 1.807) is 0 Å². The van der Waals surface area contributed by atoms with Gasteiger partial charge in [0.05, 0.1) is 24.4 Å². The van der Waals surface area contributed by atoms with Gasteiger partial charge in [0.2, 0.25) is 0 Å². The van der Waals surface area contributed by atoms with E-state index in [2.05, 4.69) is 27.7 Å². The zero-order chi connectivity index (χ0) is 63.0. The maximum absolute atomic E-state index is 10.2. The minimum atomic E-state index is -0.924. The van der Waals surface area contributed by atoms with Gasteiger partial charge >= 0.3 is 0 Å². The second kappa shape index (κ2) is 80.7. The van der Waals surface area contributed by atoms with Crippen LogP contribution in [-0.4, -0.2) is 96.0 Å². The molecule has 4 unspecified atom stereocenters. The minimum absolute atomic E-state index is 0. The molecule has 0 aromatic heterocycles. The summed E-state index contributed by atoms with van der Waals surface area (Å²) in [5, 5.41) is 80.1. The molecule has 0 aliphatic carbocycles. The van der Waals surface area contributed by atoms with E-state index in [9.17, 15) is 60.0 Å². The van der Waals surface area contributed by atoms with Gasteiger partial charge < -0.3 is 60.0 Å². The first kappa shape index (κ1) is 92.4. The van der Waals surface area contributed by atoms with E-state index in [-0.39, 0.29) is 77.4 Å². The SMILES string of the molecule is CCCCCC(O)CCCCCCCCCCCC(=O)[O-].CCCCCC(O)CCCCCCCCCCCC(=O)[O-].CCCCCC(O)CCCCCCCCCCCC(=O)[O-].CCCCCC(O)CCCCCCCCCCCC(=O)[O-].[Pb]. The van der Waals surface area contributed by atoms with Crippen LogP contribution in [0.15, 0.2) is 0 Å². The van der Waals surface area contributed by atoms with E-state index < -0.39 is 23.9 Å². The van der Waals surface area contributed by atoms with Crippen LogP contribution in [0.3, 0.4) is 0 Å². The molecule has 4 radical (unpaired) electrons. The zero-order valence-corrected chi connectivity index (χ0v) is 60.2. The standard InChI is InChI=1S/4C18H36O3.Pb/c4*1-2-3-11-14-17(19)15-12-9-7-5-4-6-8-10-13-16-18(20)21;/h4*17,19H,2-16H2,1H3,(H,20,21);/p-4. The van der Waals surface area contributed by atoms with Crippen molar-refractivity contribution in [2.75, 3.05) is 0 Å². The molecule has 0 amide bonds. The van der Waals surface area contributed by atoms with E-state index in [0.717, 1.165) is 180 Å². The maximum Gasteiger partial charge on any atom is 0.0540 e. The molecule has 12 nitrogen and oxygen atoms in total. The number of hydrogen-bond acceptors (Lipinski definition) is 12. The third-order valence-electron chi connectivity index (χ3n) is 16.2.